The van der Waals surface area contributed by atoms with Crippen LogP contribution in [0.5, 0.6) is 0 Å². The highest BCUT2D eigenvalue weighted by molar-refractivity contribution is 6.30. The molecule has 3 aliphatic rings. The van der Waals surface area contributed by atoms with Crippen molar-refractivity contribution in [2.24, 2.45) is 5.41 Å². The summed E-state index contributed by atoms with van der Waals surface area (Å²) < 4.78 is 0. The number of nitrogens with zero attached hydrogens (tertiary/aromatic N) is 3. The maximum atomic E-state index is 13.7. The van der Waals surface area contributed by atoms with E-state index in [1.807, 2.05) is 24.3 Å². The molecule has 1 saturated carbocycles. The van der Waals surface area contributed by atoms with E-state index in [2.05, 4.69) is 47.9 Å². The van der Waals surface area contributed by atoms with Crippen LogP contribution in [0.1, 0.15) is 68.2 Å². The van der Waals surface area contributed by atoms with Crippen molar-refractivity contribution in [2.75, 3.05) is 26.2 Å². The minimum Gasteiger partial charge on any atom is -0.465 e. The molecule has 3 fully saturated rings. The van der Waals surface area contributed by atoms with Gasteiger partial charge in [0.15, 0.2) is 0 Å². The molecule has 36 heavy (non-hydrogen) atoms. The molecule has 7 heteroatoms. The summed E-state index contributed by atoms with van der Waals surface area (Å²) in [6, 6.07) is 16.7. The molecular formula is C29H36ClN3O3. The van der Waals surface area contributed by atoms with Gasteiger partial charge < -0.3 is 14.9 Å². The van der Waals surface area contributed by atoms with E-state index in [-0.39, 0.29) is 23.4 Å². The first-order valence-corrected chi connectivity index (χ1v) is 13.5. The average Bonchev–Trinajstić information content (AvgIpc) is 2.84. The zero-order chi connectivity index (χ0) is 25.4. The van der Waals surface area contributed by atoms with Crippen LogP contribution < -0.4 is 0 Å². The summed E-state index contributed by atoms with van der Waals surface area (Å²) in [4.78, 5) is 31.1. The highest BCUT2D eigenvalue weighted by Gasteiger charge is 2.52. The number of carbonyl (C=O) groups excluding carboxylic acids is 1. The van der Waals surface area contributed by atoms with E-state index in [9.17, 15) is 14.7 Å². The lowest BCUT2D eigenvalue weighted by atomic mass is 9.59. The topological polar surface area (TPSA) is 64.1 Å². The average molecular weight is 510 g/mol. The van der Waals surface area contributed by atoms with Gasteiger partial charge in [0, 0.05) is 37.2 Å². The van der Waals surface area contributed by atoms with E-state index < -0.39 is 6.09 Å². The summed E-state index contributed by atoms with van der Waals surface area (Å²) in [5.41, 5.74) is 3.89. The molecular weight excluding hydrogens is 474 g/mol. The van der Waals surface area contributed by atoms with Crippen LogP contribution in [0.25, 0.3) is 0 Å². The van der Waals surface area contributed by atoms with E-state index in [1.54, 1.807) is 0 Å². The molecule has 2 aliphatic heterocycles. The maximum absolute atomic E-state index is 13.7. The van der Waals surface area contributed by atoms with Crippen LogP contribution in [-0.4, -0.2) is 64.0 Å². The molecule has 5 rings (SSSR count). The van der Waals surface area contributed by atoms with Crippen molar-refractivity contribution in [3.05, 3.63) is 70.2 Å². The van der Waals surface area contributed by atoms with Crippen LogP contribution in [0, 0.1) is 5.41 Å². The number of rotatable bonds is 5. The molecule has 1 aliphatic carbocycles. The Kier molecular flexibility index (Phi) is 7.01. The maximum Gasteiger partial charge on any atom is 0.407 e. The predicted octanol–water partition coefficient (Wildman–Crippen LogP) is 5.77. The molecule has 2 saturated heterocycles. The Morgan fingerprint density at radius 1 is 1.08 bits per heavy atom. The third-order valence-electron chi connectivity index (χ3n) is 8.54. The Morgan fingerprint density at radius 3 is 2.39 bits per heavy atom. The normalized spacial score (nSPS) is 22.8. The van der Waals surface area contributed by atoms with Gasteiger partial charge in [-0.05, 0) is 65.8 Å². The third kappa shape index (κ3) is 4.98. The molecule has 2 heterocycles. The molecule has 0 radical (unpaired) electrons. The minimum absolute atomic E-state index is 0.0126. The van der Waals surface area contributed by atoms with E-state index >= 15 is 0 Å². The van der Waals surface area contributed by atoms with Gasteiger partial charge >= 0.3 is 6.09 Å². The van der Waals surface area contributed by atoms with Gasteiger partial charge in [-0.2, -0.15) is 0 Å². The number of carbonyl (C=O) groups is 2. The lowest BCUT2D eigenvalue weighted by Crippen LogP contribution is -2.62. The van der Waals surface area contributed by atoms with Crippen molar-refractivity contribution in [3.63, 3.8) is 0 Å². The van der Waals surface area contributed by atoms with Crippen molar-refractivity contribution >= 4 is 23.6 Å². The molecule has 6 nitrogen and oxygen atoms in total. The van der Waals surface area contributed by atoms with Crippen molar-refractivity contribution < 1.29 is 14.7 Å². The zero-order valence-corrected chi connectivity index (χ0v) is 22.0. The molecule has 0 aromatic heterocycles. The number of halogens is 1. The second-order valence-corrected chi connectivity index (χ2v) is 11.7. The molecule has 2 aromatic rings. The Morgan fingerprint density at radius 2 is 1.75 bits per heavy atom. The summed E-state index contributed by atoms with van der Waals surface area (Å²) in [6.07, 6.45) is 2.92. The second kappa shape index (κ2) is 10.1. The lowest BCUT2D eigenvalue weighted by Gasteiger charge is -2.58. The molecule has 192 valence electrons. The van der Waals surface area contributed by atoms with Gasteiger partial charge in [-0.25, -0.2) is 4.79 Å². The van der Waals surface area contributed by atoms with E-state index in [1.165, 1.54) is 16.0 Å². The van der Waals surface area contributed by atoms with Crippen LogP contribution in [-0.2, 0) is 11.3 Å². The van der Waals surface area contributed by atoms with Gasteiger partial charge in [0.25, 0.3) is 0 Å². The molecule has 1 atom stereocenters. The fourth-order valence-electron chi connectivity index (χ4n) is 6.58. The number of hydrogen-bond acceptors (Lipinski definition) is 3. The Hall–Kier alpha value is -2.57. The largest absolute Gasteiger partial charge is 0.465 e. The predicted molar refractivity (Wildman–Crippen MR) is 141 cm³/mol. The van der Waals surface area contributed by atoms with Gasteiger partial charge in [0.2, 0.25) is 5.91 Å². The van der Waals surface area contributed by atoms with Crippen LogP contribution in [0.4, 0.5) is 4.79 Å². The molecule has 2 aromatic carbocycles. The summed E-state index contributed by atoms with van der Waals surface area (Å²) in [5, 5.41) is 10.0. The van der Waals surface area contributed by atoms with E-state index in [0.29, 0.717) is 25.6 Å². The Bertz CT molecular complexity index is 1100. The number of amides is 2. The molecule has 1 spiro atoms. The molecule has 1 N–H and O–H groups in total. The smallest absolute Gasteiger partial charge is 0.407 e. The number of benzene rings is 2. The van der Waals surface area contributed by atoms with Crippen LogP contribution in [0.15, 0.2) is 48.5 Å². The monoisotopic (exact) mass is 509 g/mol. The van der Waals surface area contributed by atoms with Crippen molar-refractivity contribution in [2.45, 2.75) is 64.1 Å². The van der Waals surface area contributed by atoms with Gasteiger partial charge in [-0.15, -0.1) is 0 Å². The summed E-state index contributed by atoms with van der Waals surface area (Å²) in [6.45, 7) is 7.57. The van der Waals surface area contributed by atoms with Crippen molar-refractivity contribution in [3.8, 4) is 0 Å². The highest BCUT2D eigenvalue weighted by atomic mass is 35.5. The quantitative estimate of drug-likeness (QED) is 0.555. The number of piperidine rings is 1. The molecule has 2 amide bonds. The van der Waals surface area contributed by atoms with Gasteiger partial charge in [0.1, 0.15) is 0 Å². The van der Waals surface area contributed by atoms with Gasteiger partial charge in [0.05, 0.1) is 12.6 Å². The third-order valence-corrected chi connectivity index (χ3v) is 8.79. The lowest BCUT2D eigenvalue weighted by molar-refractivity contribution is -0.153. The number of hydrogen-bond donors (Lipinski definition) is 1. The van der Waals surface area contributed by atoms with Gasteiger partial charge in [-0.3, -0.25) is 9.69 Å². The summed E-state index contributed by atoms with van der Waals surface area (Å²) >= 11 is 6.08. The SMILES string of the molecule is CC(C)c1ccccc1[C@H]1CN(Cc2ccc(Cl)cc2)CC(=O)N1C1CC2(CCN(C(=O)O)CC2)C1. The van der Waals surface area contributed by atoms with Crippen LogP contribution in [0.3, 0.4) is 0 Å². The minimum atomic E-state index is -0.821. The first-order valence-electron chi connectivity index (χ1n) is 13.1. The summed E-state index contributed by atoms with van der Waals surface area (Å²) in [7, 11) is 0. The second-order valence-electron chi connectivity index (χ2n) is 11.2. The number of carboxylic acid groups (broad SMARTS) is 1. The highest BCUT2D eigenvalue weighted by Crippen LogP contribution is 2.53. The standard InChI is InChI=1S/C29H36ClN3O3/c1-20(2)24-5-3-4-6-25(24)26-18-31(17-21-7-9-22(30)10-8-21)19-27(34)33(26)23-15-29(16-23)11-13-32(14-12-29)28(35)36/h3-10,20,23,26H,11-19H2,1-2H3,(H,35,36)/t26-/m1/s1. The van der Waals surface area contributed by atoms with E-state index in [0.717, 1.165) is 49.4 Å². The zero-order valence-electron chi connectivity index (χ0n) is 21.2. The van der Waals surface area contributed by atoms with E-state index in [4.69, 9.17) is 11.6 Å². The Labute approximate surface area is 218 Å². The fourth-order valence-corrected chi connectivity index (χ4v) is 6.70. The summed E-state index contributed by atoms with van der Waals surface area (Å²) in [5.74, 6) is 0.569. The van der Waals surface area contributed by atoms with Crippen molar-refractivity contribution in [1.29, 1.82) is 0 Å². The Balaban J connectivity index is 1.37. The molecule has 0 unspecified atom stereocenters. The van der Waals surface area contributed by atoms with Crippen LogP contribution in [0.2, 0.25) is 5.02 Å². The van der Waals surface area contributed by atoms with Crippen LogP contribution >= 0.6 is 11.6 Å². The first kappa shape index (κ1) is 25.1. The molecule has 0 bridgehead atoms. The number of likely N-dealkylation sites (tertiary alicyclic amines) is 1. The van der Waals surface area contributed by atoms with Crippen molar-refractivity contribution in [1.82, 2.24) is 14.7 Å². The number of piperazine rings is 1. The fraction of sp³-hybridized carbons (Fsp3) is 0.517. The first-order chi connectivity index (χ1) is 17.2. The van der Waals surface area contributed by atoms with Gasteiger partial charge in [-0.1, -0.05) is 61.8 Å².